The van der Waals surface area contributed by atoms with Crippen LogP contribution in [0.4, 0.5) is 13.2 Å². The number of rotatable bonds is 8. The Morgan fingerprint density at radius 3 is 1.70 bits per heavy atom. The third-order valence-corrected chi connectivity index (χ3v) is 7.61. The van der Waals surface area contributed by atoms with E-state index in [2.05, 4.69) is 6.92 Å². The van der Waals surface area contributed by atoms with Crippen LogP contribution in [-0.4, -0.2) is 11.1 Å². The highest BCUT2D eigenvalue weighted by molar-refractivity contribution is 6.13. The van der Waals surface area contributed by atoms with E-state index < -0.39 is 34.8 Å². The van der Waals surface area contributed by atoms with E-state index >= 15 is 13.2 Å². The molecule has 0 bridgehead atoms. The first kappa shape index (κ1) is 27.2. The van der Waals surface area contributed by atoms with Crippen LogP contribution in [0.2, 0.25) is 0 Å². The van der Waals surface area contributed by atoms with Crippen LogP contribution in [0.25, 0.3) is 11.1 Å². The molecule has 0 saturated heterocycles. The van der Waals surface area contributed by atoms with E-state index in [1.54, 1.807) is 24.3 Å². The van der Waals surface area contributed by atoms with Crippen molar-refractivity contribution in [3.8, 4) is 0 Å². The zero-order valence-corrected chi connectivity index (χ0v) is 22.1. The average molecular weight is 539 g/mol. The number of aryl methyl sites for hydroxylation is 1. The minimum absolute atomic E-state index is 0.0136. The van der Waals surface area contributed by atoms with Crippen molar-refractivity contribution >= 4 is 17.1 Å². The summed E-state index contributed by atoms with van der Waals surface area (Å²) in [4.78, 5) is 13.5. The number of halogens is 3. The van der Waals surface area contributed by atoms with E-state index in [1.165, 1.54) is 66.2 Å². The largest absolute Gasteiger partial charge is 0.480 e. The summed E-state index contributed by atoms with van der Waals surface area (Å²) in [5.41, 5.74) is -0.306. The summed E-state index contributed by atoms with van der Waals surface area (Å²) in [6.45, 7) is 2.13. The molecule has 0 spiro atoms. The Balaban J connectivity index is 1.85. The molecular weight excluding hydrogens is 509 g/mol. The SMILES string of the molecule is CCCCc1ccc(C2C=C(c3ccccc3F)C(C(=O)O)(c3ccccc3F)C(c3ccccc3F)=C2)cc1. The fourth-order valence-electron chi connectivity index (χ4n) is 5.63. The van der Waals surface area contributed by atoms with Gasteiger partial charge in [0.25, 0.3) is 0 Å². The molecule has 5 heteroatoms. The first-order valence-electron chi connectivity index (χ1n) is 13.4. The van der Waals surface area contributed by atoms with E-state index in [4.69, 9.17) is 0 Å². The highest BCUT2D eigenvalue weighted by Gasteiger charge is 2.52. The van der Waals surface area contributed by atoms with Crippen molar-refractivity contribution in [1.82, 2.24) is 0 Å². The Morgan fingerprint density at radius 1 is 0.725 bits per heavy atom. The van der Waals surface area contributed by atoms with E-state index in [-0.39, 0.29) is 27.8 Å². The van der Waals surface area contributed by atoms with Gasteiger partial charge in [-0.2, -0.15) is 0 Å². The summed E-state index contributed by atoms with van der Waals surface area (Å²) in [6.07, 6.45) is 6.40. The minimum Gasteiger partial charge on any atom is -0.480 e. The summed E-state index contributed by atoms with van der Waals surface area (Å²) in [5, 5.41) is 11.0. The van der Waals surface area contributed by atoms with Crippen molar-refractivity contribution in [1.29, 1.82) is 0 Å². The molecule has 4 aromatic rings. The van der Waals surface area contributed by atoms with Crippen molar-refractivity contribution in [2.75, 3.05) is 0 Å². The summed E-state index contributed by atoms with van der Waals surface area (Å²) < 4.78 is 46.6. The molecular formula is C35H29F3O2. The van der Waals surface area contributed by atoms with E-state index in [1.807, 2.05) is 24.3 Å². The van der Waals surface area contributed by atoms with Gasteiger partial charge >= 0.3 is 5.97 Å². The maximum atomic E-state index is 15.6. The third-order valence-electron chi connectivity index (χ3n) is 7.61. The van der Waals surface area contributed by atoms with Gasteiger partial charge in [-0.15, -0.1) is 0 Å². The number of carboxylic acid groups (broad SMARTS) is 1. The van der Waals surface area contributed by atoms with Gasteiger partial charge in [0.05, 0.1) is 0 Å². The highest BCUT2D eigenvalue weighted by atomic mass is 19.1. The zero-order chi connectivity index (χ0) is 28.3. The summed E-state index contributed by atoms with van der Waals surface area (Å²) in [7, 11) is 0. The first-order chi connectivity index (χ1) is 19.4. The maximum Gasteiger partial charge on any atom is 0.323 e. The van der Waals surface area contributed by atoms with Gasteiger partial charge in [0, 0.05) is 22.6 Å². The van der Waals surface area contributed by atoms with Crippen molar-refractivity contribution in [2.45, 2.75) is 37.5 Å². The van der Waals surface area contributed by atoms with E-state index in [9.17, 15) is 9.90 Å². The van der Waals surface area contributed by atoms with Crippen molar-refractivity contribution in [3.05, 3.63) is 154 Å². The van der Waals surface area contributed by atoms with Crippen LogP contribution in [0.1, 0.15) is 53.5 Å². The Hall–Kier alpha value is -4.38. The van der Waals surface area contributed by atoms with Gasteiger partial charge in [0.2, 0.25) is 0 Å². The van der Waals surface area contributed by atoms with Crippen LogP contribution in [0.5, 0.6) is 0 Å². The fraction of sp³-hybridized carbons (Fsp3) is 0.171. The molecule has 0 aromatic heterocycles. The number of allylic oxidation sites excluding steroid dienone is 2. The molecule has 0 radical (unpaired) electrons. The standard InChI is InChI=1S/C35H29F3O2/c1-2-3-10-23-17-19-24(20-18-23)25-21-29(26-11-4-7-14-31(26)36)35(34(39)40,28-13-6-9-16-33(28)38)30(22-25)27-12-5-8-15-32(27)37/h4-9,11-22,25H,2-3,10H2,1H3,(H,39,40). The van der Waals surface area contributed by atoms with Gasteiger partial charge in [-0.25, -0.2) is 13.2 Å². The minimum atomic E-state index is -2.23. The monoisotopic (exact) mass is 538 g/mol. The van der Waals surface area contributed by atoms with Crippen molar-refractivity contribution in [3.63, 3.8) is 0 Å². The molecule has 2 nitrogen and oxygen atoms in total. The average Bonchev–Trinajstić information content (AvgIpc) is 2.96. The van der Waals surface area contributed by atoms with Gasteiger partial charge in [-0.3, -0.25) is 4.79 Å². The Morgan fingerprint density at radius 2 is 1.23 bits per heavy atom. The van der Waals surface area contributed by atoms with Crippen LogP contribution in [0.3, 0.4) is 0 Å². The predicted octanol–water partition coefficient (Wildman–Crippen LogP) is 8.73. The second-order valence-electron chi connectivity index (χ2n) is 10.0. The second kappa shape index (κ2) is 11.4. The highest BCUT2D eigenvalue weighted by Crippen LogP contribution is 2.54. The molecule has 1 N–H and O–H groups in total. The number of unbranched alkanes of at least 4 members (excludes halogenated alkanes) is 1. The lowest BCUT2D eigenvalue weighted by molar-refractivity contribution is -0.139. The molecule has 0 unspecified atom stereocenters. The van der Waals surface area contributed by atoms with Crippen LogP contribution in [-0.2, 0) is 16.6 Å². The number of hydrogen-bond acceptors (Lipinski definition) is 1. The lowest BCUT2D eigenvalue weighted by atomic mass is 9.60. The second-order valence-corrected chi connectivity index (χ2v) is 10.0. The molecule has 202 valence electrons. The number of carbonyl (C=O) groups is 1. The fourth-order valence-corrected chi connectivity index (χ4v) is 5.63. The quantitative estimate of drug-likeness (QED) is 0.244. The van der Waals surface area contributed by atoms with Crippen molar-refractivity contribution < 1.29 is 23.1 Å². The van der Waals surface area contributed by atoms with E-state index in [0.717, 1.165) is 24.8 Å². The zero-order valence-electron chi connectivity index (χ0n) is 22.1. The van der Waals surface area contributed by atoms with Crippen LogP contribution in [0.15, 0.2) is 109 Å². The first-order valence-corrected chi connectivity index (χ1v) is 13.4. The number of benzene rings is 4. The molecule has 0 amide bonds. The van der Waals surface area contributed by atoms with Gasteiger partial charge in [-0.1, -0.05) is 104 Å². The molecule has 4 aromatic carbocycles. The number of aliphatic carboxylic acids is 1. The van der Waals surface area contributed by atoms with Gasteiger partial charge in [0.15, 0.2) is 0 Å². The molecule has 1 aliphatic carbocycles. The molecule has 0 fully saturated rings. The Labute approximate surface area is 232 Å². The molecule has 0 saturated carbocycles. The van der Waals surface area contributed by atoms with E-state index in [0.29, 0.717) is 0 Å². The molecule has 1 aliphatic rings. The lowest BCUT2D eigenvalue weighted by Crippen LogP contribution is -2.41. The van der Waals surface area contributed by atoms with Crippen LogP contribution < -0.4 is 0 Å². The van der Waals surface area contributed by atoms with Gasteiger partial charge < -0.3 is 5.11 Å². The van der Waals surface area contributed by atoms with Crippen LogP contribution >= 0.6 is 0 Å². The lowest BCUT2D eigenvalue weighted by Gasteiger charge is -2.40. The van der Waals surface area contributed by atoms with Crippen molar-refractivity contribution in [2.24, 2.45) is 0 Å². The normalized spacial score (nSPS) is 18.6. The molecule has 5 rings (SSSR count). The van der Waals surface area contributed by atoms with Crippen LogP contribution in [0, 0.1) is 17.5 Å². The predicted molar refractivity (Wildman–Crippen MR) is 152 cm³/mol. The number of hydrogen-bond donors (Lipinski definition) is 1. The Kier molecular flexibility index (Phi) is 7.74. The van der Waals surface area contributed by atoms with Gasteiger partial charge in [0.1, 0.15) is 22.9 Å². The molecule has 0 aliphatic heterocycles. The smallest absolute Gasteiger partial charge is 0.323 e. The molecule has 0 atom stereocenters. The molecule has 40 heavy (non-hydrogen) atoms. The van der Waals surface area contributed by atoms with Gasteiger partial charge in [-0.05, 0) is 53.3 Å². The summed E-state index contributed by atoms with van der Waals surface area (Å²) in [5.74, 6) is -4.05. The third kappa shape index (κ3) is 4.77. The summed E-state index contributed by atoms with van der Waals surface area (Å²) >= 11 is 0. The molecule has 0 heterocycles. The summed E-state index contributed by atoms with van der Waals surface area (Å²) in [6, 6.07) is 25.1. The topological polar surface area (TPSA) is 37.3 Å². The maximum absolute atomic E-state index is 15.6. The Bertz CT molecular complexity index is 1540. The number of carboxylic acids is 1.